The molecule has 1 aromatic carbocycles. The summed E-state index contributed by atoms with van der Waals surface area (Å²) in [4.78, 5) is 22.0. The third kappa shape index (κ3) is 8.68. The molecule has 5 heteroatoms. The molecule has 0 bridgehead atoms. The van der Waals surface area contributed by atoms with Gasteiger partial charge in [0.05, 0.1) is 21.1 Å². The van der Waals surface area contributed by atoms with E-state index in [0.717, 1.165) is 11.0 Å². The van der Waals surface area contributed by atoms with Gasteiger partial charge in [-0.3, -0.25) is 9.59 Å². The van der Waals surface area contributed by atoms with Crippen LogP contribution in [0.25, 0.3) is 0 Å². The first-order chi connectivity index (χ1) is 11.4. The number of benzene rings is 1. The molecule has 0 aromatic heterocycles. The van der Waals surface area contributed by atoms with Crippen LogP contribution in [0.5, 0.6) is 0 Å². The molecule has 5 nitrogen and oxygen atoms in total. The Balaban J connectivity index is 0.000000472. The third-order valence-corrected chi connectivity index (χ3v) is 3.75. The molecule has 25 heavy (non-hydrogen) atoms. The maximum atomic E-state index is 11.0. The summed E-state index contributed by atoms with van der Waals surface area (Å²) in [6.07, 6.45) is 0.937. The molecule has 0 spiro atoms. The Kier molecular flexibility index (Phi) is 9.42. The smallest absolute Gasteiger partial charge is 0.321 e. The Morgan fingerprint density at radius 1 is 1.04 bits per heavy atom. The lowest BCUT2D eigenvalue weighted by molar-refractivity contribution is -0.884. The highest BCUT2D eigenvalue weighted by molar-refractivity contribution is 5.98. The highest BCUT2D eigenvalue weighted by Gasteiger charge is 2.45. The molecule has 0 amide bonds. The van der Waals surface area contributed by atoms with Crippen LogP contribution in [0.4, 0.5) is 0 Å². The van der Waals surface area contributed by atoms with Crippen molar-refractivity contribution < 1.29 is 24.3 Å². The van der Waals surface area contributed by atoms with Crippen molar-refractivity contribution in [2.45, 2.75) is 46.6 Å². The Labute approximate surface area is 151 Å². The van der Waals surface area contributed by atoms with Crippen LogP contribution < -0.4 is 0 Å². The lowest BCUT2D eigenvalue weighted by atomic mass is 9.76. The number of hydrogen-bond acceptors (Lipinski definition) is 2. The van der Waals surface area contributed by atoms with Gasteiger partial charge < -0.3 is 14.7 Å². The Morgan fingerprint density at radius 2 is 1.52 bits per heavy atom. The number of rotatable bonds is 8. The summed E-state index contributed by atoms with van der Waals surface area (Å²) in [7, 11) is 6.60. The van der Waals surface area contributed by atoms with Crippen molar-refractivity contribution in [1.82, 2.24) is 0 Å². The van der Waals surface area contributed by atoms with Gasteiger partial charge in [-0.15, -0.1) is 0 Å². The summed E-state index contributed by atoms with van der Waals surface area (Å²) in [5.74, 6) is -2.38. The summed E-state index contributed by atoms with van der Waals surface area (Å²) in [5.41, 5.74) is -0.192. The monoisotopic (exact) mass is 352 g/mol. The molecule has 0 radical (unpaired) electrons. The van der Waals surface area contributed by atoms with E-state index in [1.807, 2.05) is 13.8 Å². The number of nitrogens with zero attached hydrogens (tertiary/aromatic N) is 1. The average molecular weight is 352 g/mol. The summed E-state index contributed by atoms with van der Waals surface area (Å²) in [6, 6.07) is 10.6. The standard InChI is InChI=1S/C10H16N.C10H18O4/c1-11(2,3)9-10-7-5-4-6-8-10;1-4-5-10(8(11)12,9(13)14)6-7(2)3/h4-8H,9H2,1-3H3;7H,4-6H2,1-3H3,(H,11,12)(H,13,14)/q+1;. The zero-order valence-electron chi connectivity index (χ0n) is 16.5. The number of aliphatic carboxylic acids is 2. The minimum Gasteiger partial charge on any atom is -0.480 e. The molecule has 2 N–H and O–H groups in total. The van der Waals surface area contributed by atoms with Crippen molar-refractivity contribution in [3.05, 3.63) is 35.9 Å². The van der Waals surface area contributed by atoms with Crippen molar-refractivity contribution in [3.8, 4) is 0 Å². The molecule has 0 aliphatic heterocycles. The van der Waals surface area contributed by atoms with Gasteiger partial charge in [-0.1, -0.05) is 57.5 Å². The molecular formula is C20H34NO4+. The molecule has 0 saturated carbocycles. The highest BCUT2D eigenvalue weighted by Crippen LogP contribution is 2.32. The van der Waals surface area contributed by atoms with Gasteiger partial charge in [0.1, 0.15) is 6.54 Å². The topological polar surface area (TPSA) is 74.6 Å². The highest BCUT2D eigenvalue weighted by atomic mass is 16.4. The zero-order valence-corrected chi connectivity index (χ0v) is 16.5. The molecule has 0 aliphatic carbocycles. The lowest BCUT2D eigenvalue weighted by Crippen LogP contribution is -2.40. The fraction of sp³-hybridized carbons (Fsp3) is 0.600. The number of carboxylic acids is 2. The van der Waals surface area contributed by atoms with Gasteiger partial charge in [0, 0.05) is 5.56 Å². The molecule has 0 fully saturated rings. The Morgan fingerprint density at radius 3 is 1.84 bits per heavy atom. The van der Waals surface area contributed by atoms with Gasteiger partial charge >= 0.3 is 11.9 Å². The molecular weight excluding hydrogens is 318 g/mol. The fourth-order valence-electron chi connectivity index (χ4n) is 2.84. The van der Waals surface area contributed by atoms with Crippen LogP contribution in [0.3, 0.4) is 0 Å². The molecule has 0 heterocycles. The maximum Gasteiger partial charge on any atom is 0.321 e. The predicted molar refractivity (Wildman–Crippen MR) is 100 cm³/mol. The van der Waals surface area contributed by atoms with E-state index < -0.39 is 17.4 Å². The number of hydrogen-bond donors (Lipinski definition) is 2. The Bertz CT molecular complexity index is 518. The molecule has 0 aliphatic rings. The third-order valence-electron chi connectivity index (χ3n) is 3.75. The van der Waals surface area contributed by atoms with Gasteiger partial charge in [-0.05, 0) is 18.8 Å². The second kappa shape index (κ2) is 10.2. The van der Waals surface area contributed by atoms with E-state index in [-0.39, 0.29) is 18.8 Å². The summed E-state index contributed by atoms with van der Waals surface area (Å²) in [5, 5.41) is 18.0. The number of quaternary nitrogens is 1. The second-order valence-corrected chi connectivity index (χ2v) is 7.97. The number of carboxylic acid groups (broad SMARTS) is 2. The van der Waals surface area contributed by atoms with E-state index >= 15 is 0 Å². The normalized spacial score (nSPS) is 11.6. The van der Waals surface area contributed by atoms with E-state index in [2.05, 4.69) is 51.5 Å². The second-order valence-electron chi connectivity index (χ2n) is 7.97. The molecule has 1 rings (SSSR count). The van der Waals surface area contributed by atoms with E-state index in [9.17, 15) is 9.59 Å². The van der Waals surface area contributed by atoms with Crippen molar-refractivity contribution in [2.24, 2.45) is 11.3 Å². The van der Waals surface area contributed by atoms with Crippen LogP contribution in [0.1, 0.15) is 45.6 Å². The minimum absolute atomic E-state index is 0.0637. The first-order valence-electron chi connectivity index (χ1n) is 8.75. The molecule has 142 valence electrons. The molecule has 0 unspecified atom stereocenters. The van der Waals surface area contributed by atoms with Crippen LogP contribution in [0, 0.1) is 11.3 Å². The van der Waals surface area contributed by atoms with Crippen LogP contribution in [-0.4, -0.2) is 47.8 Å². The van der Waals surface area contributed by atoms with Crippen LogP contribution in [0.2, 0.25) is 0 Å². The van der Waals surface area contributed by atoms with Gasteiger partial charge in [0.2, 0.25) is 0 Å². The largest absolute Gasteiger partial charge is 0.480 e. The van der Waals surface area contributed by atoms with Crippen LogP contribution in [-0.2, 0) is 16.1 Å². The molecule has 1 aromatic rings. The summed E-state index contributed by atoms with van der Waals surface area (Å²) < 4.78 is 0.990. The average Bonchev–Trinajstić information content (AvgIpc) is 2.45. The van der Waals surface area contributed by atoms with Crippen molar-refractivity contribution in [3.63, 3.8) is 0 Å². The van der Waals surface area contributed by atoms with Gasteiger partial charge in [0.15, 0.2) is 5.41 Å². The molecule has 0 atom stereocenters. The van der Waals surface area contributed by atoms with Gasteiger partial charge in [-0.25, -0.2) is 0 Å². The maximum absolute atomic E-state index is 11.0. The van der Waals surface area contributed by atoms with E-state index in [1.165, 1.54) is 5.56 Å². The van der Waals surface area contributed by atoms with Crippen molar-refractivity contribution in [2.75, 3.05) is 21.1 Å². The van der Waals surface area contributed by atoms with Gasteiger partial charge in [-0.2, -0.15) is 0 Å². The fourth-order valence-corrected chi connectivity index (χ4v) is 2.84. The lowest BCUT2D eigenvalue weighted by Gasteiger charge is -2.25. The SMILES string of the molecule is CCCC(CC(C)C)(C(=O)O)C(=O)O.C[N+](C)(C)Cc1ccccc1. The predicted octanol–water partition coefficient (Wildman–Crippen LogP) is 3.88. The van der Waals surface area contributed by atoms with Crippen LogP contribution >= 0.6 is 0 Å². The first kappa shape index (κ1) is 23.1. The Hall–Kier alpha value is -1.88. The minimum atomic E-state index is -1.59. The quantitative estimate of drug-likeness (QED) is 0.550. The summed E-state index contributed by atoms with van der Waals surface area (Å²) >= 11 is 0. The van der Waals surface area contributed by atoms with Crippen molar-refractivity contribution >= 4 is 11.9 Å². The first-order valence-corrected chi connectivity index (χ1v) is 8.75. The molecule has 0 saturated heterocycles. The van der Waals surface area contributed by atoms with Crippen LogP contribution in [0.15, 0.2) is 30.3 Å². The van der Waals surface area contributed by atoms with E-state index in [4.69, 9.17) is 10.2 Å². The number of carbonyl (C=O) groups is 2. The van der Waals surface area contributed by atoms with E-state index in [1.54, 1.807) is 6.92 Å². The van der Waals surface area contributed by atoms with Crippen molar-refractivity contribution in [1.29, 1.82) is 0 Å². The summed E-state index contributed by atoms with van der Waals surface area (Å²) in [6.45, 7) is 6.55. The van der Waals surface area contributed by atoms with E-state index in [0.29, 0.717) is 6.42 Å². The zero-order chi connectivity index (χ0) is 19.7. The van der Waals surface area contributed by atoms with Gasteiger partial charge in [0.25, 0.3) is 0 Å².